The van der Waals surface area contributed by atoms with Crippen LogP contribution >= 0.6 is 0 Å². The second-order valence-electron chi connectivity index (χ2n) is 4.41. The van der Waals surface area contributed by atoms with E-state index < -0.39 is 10.0 Å². The maximum atomic E-state index is 12.1. The van der Waals surface area contributed by atoms with Crippen LogP contribution in [0.3, 0.4) is 0 Å². The molecule has 0 unspecified atom stereocenters. The summed E-state index contributed by atoms with van der Waals surface area (Å²) >= 11 is 0. The molecule has 1 aromatic rings. The third-order valence-corrected chi connectivity index (χ3v) is 4.59. The lowest BCUT2D eigenvalue weighted by molar-refractivity contribution is 0.281. The van der Waals surface area contributed by atoms with E-state index in [1.807, 2.05) is 0 Å². The van der Waals surface area contributed by atoms with E-state index in [0.717, 1.165) is 25.7 Å². The Morgan fingerprint density at radius 2 is 2.00 bits per heavy atom. The quantitative estimate of drug-likeness (QED) is 0.854. The van der Waals surface area contributed by atoms with E-state index in [9.17, 15) is 8.42 Å². The number of hydrogen-bond donors (Lipinski definition) is 2. The van der Waals surface area contributed by atoms with Crippen molar-refractivity contribution in [2.75, 3.05) is 0 Å². The summed E-state index contributed by atoms with van der Waals surface area (Å²) in [6.07, 6.45) is 4.01. The van der Waals surface area contributed by atoms with Gasteiger partial charge in [0.05, 0.1) is 11.5 Å². The predicted octanol–water partition coefficient (Wildman–Crippen LogP) is 1.40. The summed E-state index contributed by atoms with van der Waals surface area (Å²) in [4.78, 5) is 0.232. The predicted molar refractivity (Wildman–Crippen MR) is 64.9 cm³/mol. The first-order chi connectivity index (χ1) is 8.12. The molecule has 1 saturated carbocycles. The van der Waals surface area contributed by atoms with Crippen molar-refractivity contribution >= 4 is 10.0 Å². The first-order valence-electron chi connectivity index (χ1n) is 5.84. The summed E-state index contributed by atoms with van der Waals surface area (Å²) in [5, 5.41) is 9.00. The molecule has 0 aliphatic heterocycles. The van der Waals surface area contributed by atoms with E-state index in [4.69, 9.17) is 5.11 Å². The van der Waals surface area contributed by atoms with Crippen molar-refractivity contribution in [1.82, 2.24) is 4.72 Å². The topological polar surface area (TPSA) is 66.4 Å². The van der Waals surface area contributed by atoms with E-state index >= 15 is 0 Å². The van der Waals surface area contributed by atoms with Crippen LogP contribution in [0.4, 0.5) is 0 Å². The molecule has 0 atom stereocenters. The number of aliphatic hydroxyl groups is 1. The van der Waals surface area contributed by atoms with Crippen LogP contribution < -0.4 is 4.72 Å². The van der Waals surface area contributed by atoms with Crippen LogP contribution in [0.5, 0.6) is 0 Å². The first-order valence-corrected chi connectivity index (χ1v) is 7.32. The van der Waals surface area contributed by atoms with E-state index in [2.05, 4.69) is 4.72 Å². The minimum absolute atomic E-state index is 0.0674. The number of aliphatic hydroxyl groups excluding tert-OH is 1. The fourth-order valence-electron chi connectivity index (χ4n) is 2.14. The molecule has 0 heterocycles. The number of sulfonamides is 1. The molecule has 17 heavy (non-hydrogen) atoms. The monoisotopic (exact) mass is 255 g/mol. The SMILES string of the molecule is O=S(=O)(NC1CCCC1)c1cccc(CO)c1. The van der Waals surface area contributed by atoms with Gasteiger partial charge in [-0.3, -0.25) is 0 Å². The number of nitrogens with one attached hydrogen (secondary N) is 1. The van der Waals surface area contributed by atoms with Gasteiger partial charge in [0.1, 0.15) is 0 Å². The average molecular weight is 255 g/mol. The Morgan fingerprint density at radius 1 is 1.29 bits per heavy atom. The summed E-state index contributed by atoms with van der Waals surface area (Å²) in [6.45, 7) is -0.146. The lowest BCUT2D eigenvalue weighted by Gasteiger charge is -2.12. The van der Waals surface area contributed by atoms with Gasteiger partial charge in [-0.05, 0) is 30.5 Å². The Labute approximate surface area is 102 Å². The van der Waals surface area contributed by atoms with Gasteiger partial charge in [0.15, 0.2) is 0 Å². The molecule has 1 fully saturated rings. The van der Waals surface area contributed by atoms with Crippen LogP contribution in [0.15, 0.2) is 29.2 Å². The maximum absolute atomic E-state index is 12.1. The number of hydrogen-bond acceptors (Lipinski definition) is 3. The van der Waals surface area contributed by atoms with Crippen molar-refractivity contribution in [1.29, 1.82) is 0 Å². The average Bonchev–Trinajstić information content (AvgIpc) is 2.81. The Hall–Kier alpha value is -0.910. The van der Waals surface area contributed by atoms with Crippen LogP contribution in [-0.4, -0.2) is 19.6 Å². The zero-order valence-electron chi connectivity index (χ0n) is 9.59. The molecule has 0 bridgehead atoms. The van der Waals surface area contributed by atoms with Crippen LogP contribution in [0.25, 0.3) is 0 Å². The van der Waals surface area contributed by atoms with Crippen molar-refractivity contribution in [3.05, 3.63) is 29.8 Å². The molecule has 1 aliphatic carbocycles. The lowest BCUT2D eigenvalue weighted by Crippen LogP contribution is -2.32. The van der Waals surface area contributed by atoms with Crippen LogP contribution in [0, 0.1) is 0 Å². The van der Waals surface area contributed by atoms with Gasteiger partial charge in [-0.1, -0.05) is 25.0 Å². The van der Waals surface area contributed by atoms with Crippen LogP contribution in [0.2, 0.25) is 0 Å². The zero-order valence-corrected chi connectivity index (χ0v) is 10.4. The van der Waals surface area contributed by atoms with Crippen molar-refractivity contribution in [2.24, 2.45) is 0 Å². The van der Waals surface area contributed by atoms with Crippen molar-refractivity contribution in [2.45, 2.75) is 43.2 Å². The molecule has 94 valence electrons. The lowest BCUT2D eigenvalue weighted by atomic mass is 10.2. The fourth-order valence-corrected chi connectivity index (χ4v) is 3.52. The summed E-state index contributed by atoms with van der Waals surface area (Å²) < 4.78 is 26.8. The van der Waals surface area contributed by atoms with Gasteiger partial charge < -0.3 is 5.11 Å². The molecule has 5 heteroatoms. The Bertz CT molecular complexity index is 478. The maximum Gasteiger partial charge on any atom is 0.240 e. The third kappa shape index (κ3) is 3.06. The standard InChI is InChI=1S/C12H17NO3S/c14-9-10-4-3-7-12(8-10)17(15,16)13-11-5-1-2-6-11/h3-4,7-8,11,13-14H,1-2,5-6,9H2. The highest BCUT2D eigenvalue weighted by atomic mass is 32.2. The third-order valence-electron chi connectivity index (χ3n) is 3.07. The number of rotatable bonds is 4. The molecule has 2 N–H and O–H groups in total. The molecular weight excluding hydrogens is 238 g/mol. The Morgan fingerprint density at radius 3 is 2.65 bits per heavy atom. The molecule has 0 amide bonds. The summed E-state index contributed by atoms with van der Waals surface area (Å²) in [6, 6.07) is 6.48. The molecule has 0 aromatic heterocycles. The first kappa shape index (κ1) is 12.5. The van der Waals surface area contributed by atoms with Crippen molar-refractivity contribution in [3.63, 3.8) is 0 Å². The van der Waals surface area contributed by atoms with Gasteiger partial charge in [0.25, 0.3) is 0 Å². The highest BCUT2D eigenvalue weighted by Crippen LogP contribution is 2.20. The van der Waals surface area contributed by atoms with Crippen molar-refractivity contribution < 1.29 is 13.5 Å². The van der Waals surface area contributed by atoms with Gasteiger partial charge in [0, 0.05) is 6.04 Å². The van der Waals surface area contributed by atoms with E-state index in [1.54, 1.807) is 18.2 Å². The minimum atomic E-state index is -3.44. The molecular formula is C12H17NO3S. The second-order valence-corrected chi connectivity index (χ2v) is 6.12. The normalized spacial score (nSPS) is 17.5. The van der Waals surface area contributed by atoms with Gasteiger partial charge >= 0.3 is 0 Å². The Kier molecular flexibility index (Phi) is 3.81. The van der Waals surface area contributed by atoms with Crippen LogP contribution in [-0.2, 0) is 16.6 Å². The largest absolute Gasteiger partial charge is 0.392 e. The molecule has 1 aliphatic rings. The zero-order chi connectivity index (χ0) is 12.3. The highest BCUT2D eigenvalue weighted by molar-refractivity contribution is 7.89. The molecule has 1 aromatic carbocycles. The minimum Gasteiger partial charge on any atom is -0.392 e. The van der Waals surface area contributed by atoms with Gasteiger partial charge in [-0.2, -0.15) is 0 Å². The summed E-state index contributed by atoms with van der Waals surface area (Å²) in [5.41, 5.74) is 0.610. The molecule has 4 nitrogen and oxygen atoms in total. The molecule has 0 saturated heterocycles. The number of benzene rings is 1. The summed E-state index contributed by atoms with van der Waals surface area (Å²) in [5.74, 6) is 0. The van der Waals surface area contributed by atoms with Gasteiger partial charge in [0.2, 0.25) is 10.0 Å². The summed E-state index contributed by atoms with van der Waals surface area (Å²) in [7, 11) is -3.44. The molecule has 2 rings (SSSR count). The van der Waals surface area contributed by atoms with E-state index in [-0.39, 0.29) is 17.5 Å². The molecule has 0 spiro atoms. The smallest absolute Gasteiger partial charge is 0.240 e. The van der Waals surface area contributed by atoms with Crippen molar-refractivity contribution in [3.8, 4) is 0 Å². The fraction of sp³-hybridized carbons (Fsp3) is 0.500. The van der Waals surface area contributed by atoms with Gasteiger partial charge in [-0.25, -0.2) is 13.1 Å². The van der Waals surface area contributed by atoms with E-state index in [0.29, 0.717) is 5.56 Å². The molecule has 0 radical (unpaired) electrons. The van der Waals surface area contributed by atoms with Gasteiger partial charge in [-0.15, -0.1) is 0 Å². The van der Waals surface area contributed by atoms with E-state index in [1.165, 1.54) is 6.07 Å². The second kappa shape index (κ2) is 5.16. The van der Waals surface area contributed by atoms with Crippen LogP contribution in [0.1, 0.15) is 31.2 Å². The highest BCUT2D eigenvalue weighted by Gasteiger charge is 2.22. The Balaban J connectivity index is 2.18.